The fraction of sp³-hybridized carbons (Fsp3) is 0.600. The third-order valence-corrected chi connectivity index (χ3v) is 4.66. The van der Waals surface area contributed by atoms with Gasteiger partial charge in [0.25, 0.3) is 0 Å². The van der Waals surface area contributed by atoms with Gasteiger partial charge in [0, 0.05) is 25.2 Å². The maximum Gasteiger partial charge on any atom is 0.0287 e. The van der Waals surface area contributed by atoms with Crippen molar-refractivity contribution in [2.75, 3.05) is 13.1 Å². The molecule has 2 nitrogen and oxygen atoms in total. The van der Waals surface area contributed by atoms with Gasteiger partial charge < -0.3 is 5.32 Å². The molecule has 0 aromatic heterocycles. The van der Waals surface area contributed by atoms with Gasteiger partial charge in [0.1, 0.15) is 0 Å². The van der Waals surface area contributed by atoms with Gasteiger partial charge in [-0.25, -0.2) is 0 Å². The van der Waals surface area contributed by atoms with Gasteiger partial charge in [0.15, 0.2) is 0 Å². The summed E-state index contributed by atoms with van der Waals surface area (Å²) in [6.07, 6.45) is 1.33. The van der Waals surface area contributed by atoms with Crippen LogP contribution in [0.1, 0.15) is 25.8 Å². The van der Waals surface area contributed by atoms with Crippen molar-refractivity contribution in [2.45, 2.75) is 38.9 Å². The number of fused-ring (bicyclic) bond motifs is 1. The van der Waals surface area contributed by atoms with Gasteiger partial charge in [-0.15, -0.1) is 0 Å². The molecule has 92 valence electrons. The lowest BCUT2D eigenvalue weighted by Gasteiger charge is -2.24. The second-order valence-corrected chi connectivity index (χ2v) is 5.97. The maximum absolute atomic E-state index is 3.68. The van der Waals surface area contributed by atoms with Crippen molar-refractivity contribution in [3.05, 3.63) is 35.9 Å². The smallest absolute Gasteiger partial charge is 0.0287 e. The maximum atomic E-state index is 3.68. The number of benzene rings is 1. The largest absolute Gasteiger partial charge is 0.312 e. The van der Waals surface area contributed by atoms with Crippen LogP contribution in [-0.2, 0) is 6.54 Å². The molecular formula is C15H22N2. The molecule has 3 atom stereocenters. The molecule has 0 spiro atoms. The highest BCUT2D eigenvalue weighted by Crippen LogP contribution is 2.41. The Morgan fingerprint density at radius 2 is 2.12 bits per heavy atom. The van der Waals surface area contributed by atoms with E-state index in [0.717, 1.165) is 6.54 Å². The zero-order chi connectivity index (χ0) is 11.9. The fourth-order valence-corrected chi connectivity index (χ4v) is 3.68. The molecule has 2 aliphatic heterocycles. The van der Waals surface area contributed by atoms with E-state index < -0.39 is 0 Å². The normalized spacial score (nSPS) is 37.3. The molecule has 1 N–H and O–H groups in total. The van der Waals surface area contributed by atoms with Crippen molar-refractivity contribution in [1.29, 1.82) is 0 Å². The van der Waals surface area contributed by atoms with E-state index in [2.05, 4.69) is 54.4 Å². The van der Waals surface area contributed by atoms with Crippen molar-refractivity contribution >= 4 is 0 Å². The summed E-state index contributed by atoms with van der Waals surface area (Å²) in [5.74, 6) is 0. The Morgan fingerprint density at radius 3 is 2.82 bits per heavy atom. The second-order valence-electron chi connectivity index (χ2n) is 5.97. The van der Waals surface area contributed by atoms with E-state index in [1.165, 1.54) is 25.1 Å². The molecule has 0 radical (unpaired) electrons. The summed E-state index contributed by atoms with van der Waals surface area (Å²) in [5, 5.41) is 3.68. The SMILES string of the molecule is C[C@H]1C2NCC[C@@]2(C)CN1Cc1ccccc1. The molecule has 0 amide bonds. The van der Waals surface area contributed by atoms with E-state index in [0.29, 0.717) is 17.5 Å². The van der Waals surface area contributed by atoms with E-state index in [1.54, 1.807) is 0 Å². The number of rotatable bonds is 2. The molecule has 2 saturated heterocycles. The lowest BCUT2D eigenvalue weighted by Crippen LogP contribution is -2.40. The predicted octanol–water partition coefficient (Wildman–Crippen LogP) is 2.26. The van der Waals surface area contributed by atoms with Crippen LogP contribution in [0.3, 0.4) is 0 Å². The third kappa shape index (κ3) is 1.90. The zero-order valence-corrected chi connectivity index (χ0v) is 10.8. The molecule has 2 fully saturated rings. The molecule has 0 saturated carbocycles. The van der Waals surface area contributed by atoms with Crippen LogP contribution in [0.2, 0.25) is 0 Å². The summed E-state index contributed by atoms with van der Waals surface area (Å²) in [6.45, 7) is 8.34. The molecule has 0 aliphatic carbocycles. The Balaban J connectivity index is 1.74. The summed E-state index contributed by atoms with van der Waals surface area (Å²) in [5.41, 5.74) is 1.93. The predicted molar refractivity (Wildman–Crippen MR) is 70.8 cm³/mol. The molecular weight excluding hydrogens is 208 g/mol. The van der Waals surface area contributed by atoms with E-state index in [1.807, 2.05) is 0 Å². The average molecular weight is 230 g/mol. The first-order valence-electron chi connectivity index (χ1n) is 6.70. The summed E-state index contributed by atoms with van der Waals surface area (Å²) in [4.78, 5) is 2.63. The summed E-state index contributed by atoms with van der Waals surface area (Å²) in [6, 6.07) is 12.2. The Morgan fingerprint density at radius 1 is 1.35 bits per heavy atom. The first-order chi connectivity index (χ1) is 8.19. The molecule has 2 aliphatic rings. The highest BCUT2D eigenvalue weighted by molar-refractivity contribution is 5.16. The first-order valence-corrected chi connectivity index (χ1v) is 6.70. The van der Waals surface area contributed by atoms with Crippen molar-refractivity contribution in [3.8, 4) is 0 Å². The number of nitrogens with zero attached hydrogens (tertiary/aromatic N) is 1. The third-order valence-electron chi connectivity index (χ3n) is 4.66. The van der Waals surface area contributed by atoms with Gasteiger partial charge in [0.05, 0.1) is 0 Å². The van der Waals surface area contributed by atoms with Crippen LogP contribution >= 0.6 is 0 Å². The van der Waals surface area contributed by atoms with Crippen molar-refractivity contribution < 1.29 is 0 Å². The molecule has 1 aromatic rings. The van der Waals surface area contributed by atoms with Gasteiger partial charge in [-0.3, -0.25) is 4.90 Å². The van der Waals surface area contributed by atoms with Gasteiger partial charge in [0.2, 0.25) is 0 Å². The number of nitrogens with one attached hydrogen (secondary N) is 1. The Bertz CT molecular complexity index is 389. The number of likely N-dealkylation sites (tertiary alicyclic amines) is 1. The lowest BCUT2D eigenvalue weighted by atomic mass is 9.84. The second kappa shape index (κ2) is 4.11. The fourth-order valence-electron chi connectivity index (χ4n) is 3.68. The average Bonchev–Trinajstić information content (AvgIpc) is 2.79. The Hall–Kier alpha value is -0.860. The van der Waals surface area contributed by atoms with E-state index >= 15 is 0 Å². The Kier molecular flexibility index (Phi) is 2.72. The van der Waals surface area contributed by atoms with E-state index in [9.17, 15) is 0 Å². The molecule has 1 unspecified atom stereocenters. The highest BCUT2D eigenvalue weighted by atomic mass is 15.3. The highest BCUT2D eigenvalue weighted by Gasteiger charge is 2.49. The van der Waals surface area contributed by atoms with Crippen molar-refractivity contribution in [3.63, 3.8) is 0 Å². The van der Waals surface area contributed by atoms with E-state index in [-0.39, 0.29) is 0 Å². The molecule has 0 bridgehead atoms. The molecule has 3 rings (SSSR count). The van der Waals surface area contributed by atoms with Gasteiger partial charge in [-0.2, -0.15) is 0 Å². The van der Waals surface area contributed by atoms with Gasteiger partial charge >= 0.3 is 0 Å². The Labute approximate surface area is 104 Å². The quantitative estimate of drug-likeness (QED) is 0.838. The summed E-state index contributed by atoms with van der Waals surface area (Å²) >= 11 is 0. The van der Waals surface area contributed by atoms with Crippen LogP contribution < -0.4 is 5.32 Å². The van der Waals surface area contributed by atoms with Crippen LogP contribution in [0.25, 0.3) is 0 Å². The summed E-state index contributed by atoms with van der Waals surface area (Å²) < 4.78 is 0. The van der Waals surface area contributed by atoms with E-state index in [4.69, 9.17) is 0 Å². The molecule has 1 aromatic carbocycles. The van der Waals surface area contributed by atoms with Crippen LogP contribution in [0, 0.1) is 5.41 Å². The minimum atomic E-state index is 0.494. The van der Waals surface area contributed by atoms with Crippen LogP contribution in [0.5, 0.6) is 0 Å². The minimum Gasteiger partial charge on any atom is -0.312 e. The number of hydrogen-bond acceptors (Lipinski definition) is 2. The van der Waals surface area contributed by atoms with Crippen LogP contribution in [0.4, 0.5) is 0 Å². The lowest BCUT2D eigenvalue weighted by molar-refractivity contribution is 0.230. The molecule has 2 heterocycles. The van der Waals surface area contributed by atoms with Crippen molar-refractivity contribution in [2.24, 2.45) is 5.41 Å². The van der Waals surface area contributed by atoms with Gasteiger partial charge in [-0.1, -0.05) is 37.3 Å². The van der Waals surface area contributed by atoms with Gasteiger partial charge in [-0.05, 0) is 30.9 Å². The minimum absolute atomic E-state index is 0.494. The number of hydrogen-bond donors (Lipinski definition) is 1. The topological polar surface area (TPSA) is 15.3 Å². The van der Waals surface area contributed by atoms with Crippen LogP contribution in [-0.4, -0.2) is 30.1 Å². The summed E-state index contributed by atoms with van der Waals surface area (Å²) in [7, 11) is 0. The monoisotopic (exact) mass is 230 g/mol. The van der Waals surface area contributed by atoms with Crippen molar-refractivity contribution in [1.82, 2.24) is 10.2 Å². The molecule has 2 heteroatoms. The first kappa shape index (κ1) is 11.2. The van der Waals surface area contributed by atoms with Crippen LogP contribution in [0.15, 0.2) is 30.3 Å². The molecule has 17 heavy (non-hydrogen) atoms. The standard InChI is InChI=1S/C15H22N2/c1-12-14-15(2,8-9-16-14)11-17(12)10-13-6-4-3-5-7-13/h3-7,12,14,16H,8-11H2,1-2H3/t12-,14?,15-/m0/s1. The zero-order valence-electron chi connectivity index (χ0n) is 10.8.